The largest absolute Gasteiger partial charge is 0.337 e. The topological polar surface area (TPSA) is 70.2 Å². The SMILES string of the molecule is Cc1cccc(-c2c(NC(=O)/C=C/[C@H]3CCCN3C)ccc3ncnc(Nc4ccc(F)c(Cl)c4F)c23)c1. The standard InChI is InChI=1S/C29H26ClF2N5O/c1-17-5-3-6-18(15-17)25-22(35-24(38)13-8-19-7-4-14-37(19)2)12-11-21-26(25)29(34-16-33-21)36-23-10-9-20(31)27(30)28(23)32/h3,5-6,8-13,15-16,19H,4,7,14H2,1-2H3,(H,35,38)(H,33,34,36)/b13-8+/t19-/m1/s1. The van der Waals surface area contributed by atoms with Crippen LogP contribution in [0.3, 0.4) is 0 Å². The van der Waals surface area contributed by atoms with E-state index in [0.29, 0.717) is 22.2 Å². The third-order valence-electron chi connectivity index (χ3n) is 6.70. The molecule has 1 aliphatic rings. The molecule has 2 N–H and O–H groups in total. The number of rotatable bonds is 6. The number of anilines is 3. The molecular formula is C29H26ClF2N5O. The van der Waals surface area contributed by atoms with Crippen LogP contribution >= 0.6 is 11.6 Å². The van der Waals surface area contributed by atoms with Gasteiger partial charge in [-0.25, -0.2) is 18.7 Å². The Bertz CT molecular complexity index is 1560. The highest BCUT2D eigenvalue weighted by Crippen LogP contribution is 2.40. The summed E-state index contributed by atoms with van der Waals surface area (Å²) in [5, 5.41) is 5.91. The summed E-state index contributed by atoms with van der Waals surface area (Å²) in [6.45, 7) is 2.98. The van der Waals surface area contributed by atoms with E-state index in [2.05, 4.69) is 25.5 Å². The van der Waals surface area contributed by atoms with Crippen molar-refractivity contribution in [2.24, 2.45) is 0 Å². The van der Waals surface area contributed by atoms with Crippen molar-refractivity contribution in [3.8, 4) is 11.1 Å². The fourth-order valence-electron chi connectivity index (χ4n) is 4.75. The van der Waals surface area contributed by atoms with E-state index in [4.69, 9.17) is 11.6 Å². The van der Waals surface area contributed by atoms with Crippen LogP contribution in [-0.2, 0) is 4.79 Å². The van der Waals surface area contributed by atoms with Gasteiger partial charge in [0, 0.05) is 23.4 Å². The van der Waals surface area contributed by atoms with Gasteiger partial charge in [-0.05, 0) is 63.2 Å². The first kappa shape index (κ1) is 25.8. The molecule has 194 valence electrons. The summed E-state index contributed by atoms with van der Waals surface area (Å²) in [5.74, 6) is -1.76. The molecule has 1 saturated heterocycles. The Hall–Kier alpha value is -3.88. The van der Waals surface area contributed by atoms with Gasteiger partial charge in [0.25, 0.3) is 0 Å². The number of fused-ring (bicyclic) bond motifs is 1. The molecule has 0 spiro atoms. The Morgan fingerprint density at radius 2 is 1.95 bits per heavy atom. The maximum absolute atomic E-state index is 14.8. The Kier molecular flexibility index (Phi) is 7.35. The molecule has 0 unspecified atom stereocenters. The lowest BCUT2D eigenvalue weighted by molar-refractivity contribution is -0.111. The van der Waals surface area contributed by atoms with Crippen LogP contribution in [0.4, 0.5) is 26.0 Å². The van der Waals surface area contributed by atoms with Crippen molar-refractivity contribution in [3.05, 3.63) is 89.2 Å². The number of nitrogens with zero attached hydrogens (tertiary/aromatic N) is 3. The van der Waals surface area contributed by atoms with Gasteiger partial charge in [-0.2, -0.15) is 0 Å². The van der Waals surface area contributed by atoms with Crippen molar-refractivity contribution in [2.75, 3.05) is 24.2 Å². The molecule has 1 atom stereocenters. The number of aryl methyl sites for hydroxylation is 1. The molecule has 0 saturated carbocycles. The molecule has 1 amide bonds. The van der Waals surface area contributed by atoms with Crippen LogP contribution in [0.5, 0.6) is 0 Å². The van der Waals surface area contributed by atoms with Crippen LogP contribution in [0.25, 0.3) is 22.0 Å². The molecule has 1 aliphatic heterocycles. The van der Waals surface area contributed by atoms with Crippen molar-refractivity contribution >= 4 is 45.6 Å². The van der Waals surface area contributed by atoms with Crippen LogP contribution in [0, 0.1) is 18.6 Å². The van der Waals surface area contributed by atoms with Crippen molar-refractivity contribution in [1.82, 2.24) is 14.9 Å². The second-order valence-electron chi connectivity index (χ2n) is 9.36. The first-order valence-corrected chi connectivity index (χ1v) is 12.6. The van der Waals surface area contributed by atoms with E-state index in [1.165, 1.54) is 12.4 Å². The van der Waals surface area contributed by atoms with Gasteiger partial charge >= 0.3 is 0 Å². The zero-order chi connectivity index (χ0) is 26.8. The zero-order valence-corrected chi connectivity index (χ0v) is 21.7. The van der Waals surface area contributed by atoms with E-state index >= 15 is 0 Å². The van der Waals surface area contributed by atoms with Gasteiger partial charge < -0.3 is 10.6 Å². The van der Waals surface area contributed by atoms with Gasteiger partial charge in [0.05, 0.1) is 16.6 Å². The molecule has 1 fully saturated rings. The summed E-state index contributed by atoms with van der Waals surface area (Å²) >= 11 is 5.80. The number of carbonyl (C=O) groups excluding carboxylic acids is 1. The van der Waals surface area contributed by atoms with Crippen molar-refractivity contribution in [1.29, 1.82) is 0 Å². The van der Waals surface area contributed by atoms with E-state index in [9.17, 15) is 13.6 Å². The van der Waals surface area contributed by atoms with Gasteiger partial charge in [0.2, 0.25) is 5.91 Å². The number of halogens is 3. The van der Waals surface area contributed by atoms with Crippen LogP contribution in [0.2, 0.25) is 5.02 Å². The Labute approximate surface area is 224 Å². The van der Waals surface area contributed by atoms with Gasteiger partial charge in [-0.15, -0.1) is 0 Å². The first-order chi connectivity index (χ1) is 18.3. The fraction of sp³-hybridized carbons (Fsp3) is 0.207. The third kappa shape index (κ3) is 5.23. The van der Waals surface area contributed by atoms with E-state index < -0.39 is 16.7 Å². The second-order valence-corrected chi connectivity index (χ2v) is 9.74. The van der Waals surface area contributed by atoms with E-state index in [-0.39, 0.29) is 23.5 Å². The highest BCUT2D eigenvalue weighted by Gasteiger charge is 2.20. The van der Waals surface area contributed by atoms with Gasteiger partial charge in [0.15, 0.2) is 5.82 Å². The number of benzene rings is 3. The lowest BCUT2D eigenvalue weighted by Gasteiger charge is -2.18. The normalized spacial score (nSPS) is 15.9. The number of hydrogen-bond acceptors (Lipinski definition) is 5. The van der Waals surface area contributed by atoms with Crippen LogP contribution in [0.1, 0.15) is 18.4 Å². The summed E-state index contributed by atoms with van der Waals surface area (Å²) in [7, 11) is 2.05. The van der Waals surface area contributed by atoms with Gasteiger partial charge in [-0.1, -0.05) is 47.5 Å². The van der Waals surface area contributed by atoms with Crippen LogP contribution in [-0.4, -0.2) is 40.4 Å². The van der Waals surface area contributed by atoms with Crippen LogP contribution < -0.4 is 10.6 Å². The molecule has 4 aromatic rings. The summed E-state index contributed by atoms with van der Waals surface area (Å²) in [5.41, 5.74) is 3.60. The average Bonchev–Trinajstić information content (AvgIpc) is 3.32. The molecule has 0 aliphatic carbocycles. The van der Waals surface area contributed by atoms with E-state index in [1.54, 1.807) is 18.2 Å². The Balaban J connectivity index is 1.61. The van der Waals surface area contributed by atoms with Crippen molar-refractivity contribution in [3.63, 3.8) is 0 Å². The Morgan fingerprint density at radius 3 is 2.71 bits per heavy atom. The number of hydrogen-bond donors (Lipinski definition) is 2. The summed E-state index contributed by atoms with van der Waals surface area (Å²) in [4.78, 5) is 24.0. The highest BCUT2D eigenvalue weighted by molar-refractivity contribution is 6.31. The number of nitrogens with one attached hydrogen (secondary N) is 2. The molecule has 38 heavy (non-hydrogen) atoms. The van der Waals surface area contributed by atoms with Gasteiger partial charge in [-0.3, -0.25) is 9.69 Å². The molecule has 2 heterocycles. The van der Waals surface area contributed by atoms with E-state index in [1.807, 2.05) is 44.3 Å². The molecule has 0 radical (unpaired) electrons. The highest BCUT2D eigenvalue weighted by atomic mass is 35.5. The minimum Gasteiger partial charge on any atom is -0.337 e. The lowest BCUT2D eigenvalue weighted by atomic mass is 9.97. The molecule has 1 aromatic heterocycles. The number of amides is 1. The molecule has 0 bridgehead atoms. The number of likely N-dealkylation sites (N-methyl/N-ethyl adjacent to an activating group) is 1. The first-order valence-electron chi connectivity index (χ1n) is 12.3. The minimum atomic E-state index is -0.929. The van der Waals surface area contributed by atoms with Crippen LogP contribution in [0.15, 0.2) is 67.0 Å². The predicted molar refractivity (Wildman–Crippen MR) is 148 cm³/mol. The summed E-state index contributed by atoms with van der Waals surface area (Å²) < 4.78 is 28.5. The fourth-order valence-corrected chi connectivity index (χ4v) is 4.92. The molecular weight excluding hydrogens is 508 g/mol. The summed E-state index contributed by atoms with van der Waals surface area (Å²) in [6, 6.07) is 13.9. The smallest absolute Gasteiger partial charge is 0.248 e. The molecule has 3 aromatic carbocycles. The number of likely N-dealkylation sites (tertiary alicyclic amines) is 1. The van der Waals surface area contributed by atoms with E-state index in [0.717, 1.165) is 36.6 Å². The minimum absolute atomic E-state index is 0.0374. The average molecular weight is 534 g/mol. The Morgan fingerprint density at radius 1 is 1.13 bits per heavy atom. The molecule has 5 rings (SSSR count). The van der Waals surface area contributed by atoms with Crippen molar-refractivity contribution < 1.29 is 13.6 Å². The maximum Gasteiger partial charge on any atom is 0.248 e. The molecule has 9 heteroatoms. The lowest BCUT2D eigenvalue weighted by Crippen LogP contribution is -2.23. The maximum atomic E-state index is 14.8. The predicted octanol–water partition coefficient (Wildman–Crippen LogP) is 6.87. The van der Waals surface area contributed by atoms with Crippen molar-refractivity contribution in [2.45, 2.75) is 25.8 Å². The number of carbonyl (C=O) groups is 1. The zero-order valence-electron chi connectivity index (χ0n) is 20.9. The monoisotopic (exact) mass is 533 g/mol. The quantitative estimate of drug-likeness (QED) is 0.209. The van der Waals surface area contributed by atoms with Gasteiger partial charge in [0.1, 0.15) is 23.0 Å². The third-order valence-corrected chi connectivity index (χ3v) is 7.05. The summed E-state index contributed by atoms with van der Waals surface area (Å²) in [6.07, 6.45) is 6.96. The molecule has 6 nitrogen and oxygen atoms in total. The second kappa shape index (κ2) is 10.8. The number of aromatic nitrogens is 2.